The number of hydrogen-bond donors (Lipinski definition) is 1. The Morgan fingerprint density at radius 2 is 2.00 bits per heavy atom. The van der Waals surface area contributed by atoms with E-state index in [1.807, 2.05) is 0 Å². The van der Waals surface area contributed by atoms with Crippen LogP contribution < -0.4 is 0 Å². The van der Waals surface area contributed by atoms with Crippen LogP contribution in [0.5, 0.6) is 0 Å². The highest BCUT2D eigenvalue weighted by Crippen LogP contribution is 2.65. The van der Waals surface area contributed by atoms with E-state index in [4.69, 9.17) is 4.74 Å². The highest BCUT2D eigenvalue weighted by molar-refractivity contribution is 5.97. The van der Waals surface area contributed by atoms with E-state index in [0.29, 0.717) is 41.8 Å². The van der Waals surface area contributed by atoms with Crippen LogP contribution in [0.4, 0.5) is 0 Å². The largest absolute Gasteiger partial charge is 0.469 e. The van der Waals surface area contributed by atoms with E-state index < -0.39 is 0 Å². The number of ketones is 1. The Morgan fingerprint density at radius 3 is 2.72 bits per heavy atom. The van der Waals surface area contributed by atoms with E-state index in [9.17, 15) is 14.7 Å². The van der Waals surface area contributed by atoms with E-state index >= 15 is 0 Å². The average Bonchev–Trinajstić information content (AvgIpc) is 3.06. The van der Waals surface area contributed by atoms with Crippen molar-refractivity contribution in [2.24, 2.45) is 40.4 Å². The zero-order chi connectivity index (χ0) is 21.0. The van der Waals surface area contributed by atoms with Crippen molar-refractivity contribution in [1.82, 2.24) is 0 Å². The van der Waals surface area contributed by atoms with Gasteiger partial charge in [0.25, 0.3) is 0 Å². The number of esters is 1. The van der Waals surface area contributed by atoms with Gasteiger partial charge in [0.15, 0.2) is 5.78 Å². The Hall–Kier alpha value is -1.16. The molecule has 0 spiro atoms. The molecule has 4 rings (SSSR count). The lowest BCUT2D eigenvalue weighted by Gasteiger charge is -2.56. The van der Waals surface area contributed by atoms with Gasteiger partial charge < -0.3 is 9.84 Å². The summed E-state index contributed by atoms with van der Waals surface area (Å²) in [5.74, 6) is 2.34. The first-order valence-corrected chi connectivity index (χ1v) is 11.7. The number of allylic oxidation sites excluding steroid dienone is 2. The fraction of sp³-hybridized carbons (Fsp3) is 0.840. The Balaban J connectivity index is 1.60. The van der Waals surface area contributed by atoms with Crippen molar-refractivity contribution < 1.29 is 19.4 Å². The molecule has 4 nitrogen and oxygen atoms in total. The summed E-state index contributed by atoms with van der Waals surface area (Å²) >= 11 is 0. The fourth-order valence-electron chi connectivity index (χ4n) is 7.88. The number of hydrogen-bond acceptors (Lipinski definition) is 4. The summed E-state index contributed by atoms with van der Waals surface area (Å²) in [6.07, 6.45) is 10.4. The zero-order valence-corrected chi connectivity index (χ0v) is 18.6. The average molecular weight is 403 g/mol. The van der Waals surface area contributed by atoms with Crippen molar-refractivity contribution in [3.63, 3.8) is 0 Å². The Morgan fingerprint density at radius 1 is 1.24 bits per heavy atom. The maximum atomic E-state index is 13.6. The molecule has 8 atom stereocenters. The van der Waals surface area contributed by atoms with Gasteiger partial charge in [-0.3, -0.25) is 9.59 Å². The number of aliphatic hydroxyl groups is 1. The smallest absolute Gasteiger partial charge is 0.305 e. The number of carbonyl (C=O) groups is 2. The van der Waals surface area contributed by atoms with Gasteiger partial charge in [0.05, 0.1) is 13.2 Å². The molecular formula is C25H38O4. The molecule has 0 aromatic carbocycles. The first kappa shape index (κ1) is 21.1. The number of methoxy groups -OCH3 is 1. The quantitative estimate of drug-likeness (QED) is 0.693. The normalized spacial score (nSPS) is 44.9. The first-order valence-electron chi connectivity index (χ1n) is 11.7. The molecule has 0 saturated heterocycles. The third kappa shape index (κ3) is 3.21. The van der Waals surface area contributed by atoms with Crippen LogP contribution in [0.25, 0.3) is 0 Å². The molecule has 0 aliphatic heterocycles. The van der Waals surface area contributed by atoms with Crippen molar-refractivity contribution in [1.29, 1.82) is 0 Å². The van der Waals surface area contributed by atoms with Gasteiger partial charge >= 0.3 is 5.97 Å². The third-order valence-electron chi connectivity index (χ3n) is 9.69. The van der Waals surface area contributed by atoms with Gasteiger partial charge in [-0.15, -0.1) is 0 Å². The second-order valence-electron chi connectivity index (χ2n) is 10.9. The Bertz CT molecular complexity index is 712. The molecule has 4 aliphatic rings. The summed E-state index contributed by atoms with van der Waals surface area (Å²) in [6.45, 7) is 6.80. The molecule has 1 N–H and O–H groups in total. The molecule has 3 saturated carbocycles. The SMILES string of the molecule is COC(=O)CC[C@@H](C)C1CCC2C3CC[C@@H]4C[C@H](O)CC[C@]4(C)C3=CC(=O)[C@@]21C. The lowest BCUT2D eigenvalue weighted by molar-refractivity contribution is -0.141. The van der Waals surface area contributed by atoms with Gasteiger partial charge in [-0.2, -0.15) is 0 Å². The number of fused-ring (bicyclic) bond motifs is 5. The second-order valence-corrected chi connectivity index (χ2v) is 10.9. The fourth-order valence-corrected chi connectivity index (χ4v) is 7.88. The summed E-state index contributed by atoms with van der Waals surface area (Å²) < 4.78 is 4.82. The van der Waals surface area contributed by atoms with Crippen LogP contribution in [0.15, 0.2) is 11.6 Å². The molecule has 162 valence electrons. The maximum Gasteiger partial charge on any atom is 0.305 e. The summed E-state index contributed by atoms with van der Waals surface area (Å²) in [4.78, 5) is 25.2. The summed E-state index contributed by atoms with van der Waals surface area (Å²) in [5, 5.41) is 10.2. The van der Waals surface area contributed by atoms with E-state index in [2.05, 4.69) is 26.8 Å². The maximum absolute atomic E-state index is 13.6. The van der Waals surface area contributed by atoms with Crippen LogP contribution in [-0.2, 0) is 14.3 Å². The van der Waals surface area contributed by atoms with Gasteiger partial charge in [0.2, 0.25) is 0 Å². The molecule has 29 heavy (non-hydrogen) atoms. The Labute approximate surface area is 175 Å². The van der Waals surface area contributed by atoms with Gasteiger partial charge in [0.1, 0.15) is 0 Å². The van der Waals surface area contributed by atoms with Crippen molar-refractivity contribution in [3.05, 3.63) is 11.6 Å². The van der Waals surface area contributed by atoms with Crippen LogP contribution in [0.1, 0.15) is 78.6 Å². The minimum absolute atomic E-state index is 0.0910. The standard InChI is InChI=1S/C25H38O4/c1-15(5-10-23(28)29-4)19-8-9-20-18-7-6-16-13-17(26)11-12-24(16,2)21(18)14-22(27)25(19,20)3/h14-20,26H,5-13H2,1-4H3/t15-,16-,17-,18?,19?,20?,24+,25-/m1/s1. The number of rotatable bonds is 4. The molecule has 0 aromatic rings. The predicted octanol–water partition coefficient (Wildman–Crippen LogP) is 4.69. The van der Waals surface area contributed by atoms with Crippen LogP contribution in [0.2, 0.25) is 0 Å². The minimum atomic E-state index is -0.291. The van der Waals surface area contributed by atoms with Gasteiger partial charge in [-0.1, -0.05) is 26.3 Å². The minimum Gasteiger partial charge on any atom is -0.469 e. The van der Waals surface area contributed by atoms with Crippen LogP contribution in [0, 0.1) is 40.4 Å². The van der Waals surface area contributed by atoms with E-state index in [0.717, 1.165) is 44.9 Å². The highest BCUT2D eigenvalue weighted by atomic mass is 16.5. The van der Waals surface area contributed by atoms with Crippen molar-refractivity contribution in [3.8, 4) is 0 Å². The van der Waals surface area contributed by atoms with Crippen molar-refractivity contribution >= 4 is 11.8 Å². The van der Waals surface area contributed by atoms with Gasteiger partial charge in [0, 0.05) is 11.8 Å². The molecule has 3 fully saturated rings. The lowest BCUT2D eigenvalue weighted by atomic mass is 9.48. The molecule has 0 aromatic heterocycles. The summed E-state index contributed by atoms with van der Waals surface area (Å²) in [5.41, 5.74) is 1.21. The molecule has 4 aliphatic carbocycles. The number of ether oxygens (including phenoxy) is 1. The van der Waals surface area contributed by atoms with Crippen LogP contribution in [0.3, 0.4) is 0 Å². The third-order valence-corrected chi connectivity index (χ3v) is 9.69. The highest BCUT2D eigenvalue weighted by Gasteiger charge is 2.60. The molecule has 0 amide bonds. The monoisotopic (exact) mass is 402 g/mol. The molecule has 0 heterocycles. The molecule has 0 bridgehead atoms. The van der Waals surface area contributed by atoms with E-state index in [1.165, 1.54) is 19.1 Å². The van der Waals surface area contributed by atoms with Crippen LogP contribution >= 0.6 is 0 Å². The predicted molar refractivity (Wildman–Crippen MR) is 112 cm³/mol. The van der Waals surface area contributed by atoms with Gasteiger partial charge in [-0.05, 0) is 92.4 Å². The Kier molecular flexibility index (Phi) is 5.46. The zero-order valence-electron chi connectivity index (χ0n) is 18.6. The molecule has 4 heteroatoms. The second kappa shape index (κ2) is 7.51. The van der Waals surface area contributed by atoms with Crippen molar-refractivity contribution in [2.45, 2.75) is 84.7 Å². The van der Waals surface area contributed by atoms with E-state index in [1.54, 1.807) is 0 Å². The van der Waals surface area contributed by atoms with E-state index in [-0.39, 0.29) is 22.9 Å². The van der Waals surface area contributed by atoms with Gasteiger partial charge in [-0.25, -0.2) is 0 Å². The number of carbonyl (C=O) groups excluding carboxylic acids is 2. The molecule has 0 radical (unpaired) electrons. The first-order chi connectivity index (χ1) is 13.7. The topological polar surface area (TPSA) is 63.6 Å². The van der Waals surface area contributed by atoms with Crippen molar-refractivity contribution in [2.75, 3.05) is 7.11 Å². The molecular weight excluding hydrogens is 364 g/mol. The summed E-state index contributed by atoms with van der Waals surface area (Å²) in [6, 6.07) is 0. The lowest BCUT2D eigenvalue weighted by Crippen LogP contribution is -2.52. The molecule has 3 unspecified atom stereocenters. The number of aliphatic hydroxyl groups excluding tert-OH is 1. The summed E-state index contributed by atoms with van der Waals surface area (Å²) in [7, 11) is 1.44. The van der Waals surface area contributed by atoms with Crippen LogP contribution in [-0.4, -0.2) is 30.1 Å².